The minimum atomic E-state index is -0.965. The van der Waals surface area contributed by atoms with Crippen molar-refractivity contribution in [3.05, 3.63) is 65.2 Å². The predicted octanol–water partition coefficient (Wildman–Crippen LogP) is 3.11. The summed E-state index contributed by atoms with van der Waals surface area (Å²) in [5.41, 5.74) is 2.66. The summed E-state index contributed by atoms with van der Waals surface area (Å²) in [5.74, 6) is -1.09. The summed E-state index contributed by atoms with van der Waals surface area (Å²) in [4.78, 5) is 23.5. The molecule has 1 atom stereocenters. The molecular weight excluding hydrogens is 266 g/mol. The minimum Gasteiger partial charge on any atom is -0.480 e. The normalized spacial score (nSPS) is 11.7. The van der Waals surface area contributed by atoms with Gasteiger partial charge in [0.15, 0.2) is 5.78 Å². The van der Waals surface area contributed by atoms with Crippen LogP contribution in [-0.2, 0) is 4.79 Å². The number of anilines is 1. The zero-order chi connectivity index (χ0) is 15.4. The fourth-order valence-electron chi connectivity index (χ4n) is 1.96. The van der Waals surface area contributed by atoms with Gasteiger partial charge >= 0.3 is 5.97 Å². The summed E-state index contributed by atoms with van der Waals surface area (Å²) < 4.78 is 0. The maximum Gasteiger partial charge on any atom is 0.325 e. The molecular formula is C17H17NO3. The zero-order valence-corrected chi connectivity index (χ0v) is 12.0. The Morgan fingerprint density at radius 3 is 2.29 bits per heavy atom. The third-order valence-corrected chi connectivity index (χ3v) is 3.23. The summed E-state index contributed by atoms with van der Waals surface area (Å²) in [6.45, 7) is 3.49. The minimum absolute atomic E-state index is 0.129. The standard InChI is InChI=1S/C17H17NO3/c1-11-7-9-13(10-8-11)16(19)14-5-3-4-6-15(14)18-12(2)17(20)21/h3-10,12,18H,1-2H3,(H,20,21)/t12-/m0/s1. The largest absolute Gasteiger partial charge is 0.480 e. The molecule has 21 heavy (non-hydrogen) atoms. The molecule has 108 valence electrons. The van der Waals surface area contributed by atoms with Crippen molar-refractivity contribution in [1.29, 1.82) is 0 Å². The highest BCUT2D eigenvalue weighted by molar-refractivity contribution is 6.12. The Bertz CT molecular complexity index is 662. The first-order valence-electron chi connectivity index (χ1n) is 6.69. The molecule has 0 bridgehead atoms. The lowest BCUT2D eigenvalue weighted by molar-refractivity contribution is -0.137. The van der Waals surface area contributed by atoms with Gasteiger partial charge in [-0.3, -0.25) is 9.59 Å². The van der Waals surface area contributed by atoms with Crippen LogP contribution in [0.25, 0.3) is 0 Å². The van der Waals surface area contributed by atoms with Gasteiger partial charge in [0, 0.05) is 16.8 Å². The lowest BCUT2D eigenvalue weighted by Gasteiger charge is -2.14. The van der Waals surface area contributed by atoms with Crippen LogP contribution in [0, 0.1) is 6.92 Å². The second-order valence-corrected chi connectivity index (χ2v) is 4.94. The molecule has 2 rings (SSSR count). The Balaban J connectivity index is 2.33. The number of carbonyl (C=O) groups excluding carboxylic acids is 1. The van der Waals surface area contributed by atoms with Gasteiger partial charge in [0.05, 0.1) is 0 Å². The van der Waals surface area contributed by atoms with Gasteiger partial charge in [-0.1, -0.05) is 42.0 Å². The van der Waals surface area contributed by atoms with E-state index >= 15 is 0 Å². The van der Waals surface area contributed by atoms with E-state index in [4.69, 9.17) is 5.11 Å². The van der Waals surface area contributed by atoms with E-state index in [9.17, 15) is 9.59 Å². The molecule has 0 aliphatic carbocycles. The third kappa shape index (κ3) is 3.48. The van der Waals surface area contributed by atoms with Crippen molar-refractivity contribution < 1.29 is 14.7 Å². The van der Waals surface area contributed by atoms with Crippen LogP contribution in [0.15, 0.2) is 48.5 Å². The number of carboxylic acids is 1. The first-order chi connectivity index (χ1) is 9.99. The molecule has 2 aromatic rings. The lowest BCUT2D eigenvalue weighted by atomic mass is 10.0. The van der Waals surface area contributed by atoms with Crippen LogP contribution in [-0.4, -0.2) is 22.9 Å². The number of ketones is 1. The van der Waals surface area contributed by atoms with Crippen LogP contribution in [0.2, 0.25) is 0 Å². The van der Waals surface area contributed by atoms with Crippen molar-refractivity contribution in [2.75, 3.05) is 5.32 Å². The molecule has 4 heteroatoms. The van der Waals surface area contributed by atoms with E-state index in [2.05, 4.69) is 5.32 Å². The lowest BCUT2D eigenvalue weighted by Crippen LogP contribution is -2.26. The molecule has 0 aliphatic rings. The average Bonchev–Trinajstić information content (AvgIpc) is 2.47. The van der Waals surface area contributed by atoms with E-state index in [0.29, 0.717) is 16.8 Å². The second-order valence-electron chi connectivity index (χ2n) is 4.94. The van der Waals surface area contributed by atoms with Crippen molar-refractivity contribution in [2.24, 2.45) is 0 Å². The van der Waals surface area contributed by atoms with Crippen molar-refractivity contribution >= 4 is 17.4 Å². The highest BCUT2D eigenvalue weighted by Crippen LogP contribution is 2.20. The average molecular weight is 283 g/mol. The topological polar surface area (TPSA) is 66.4 Å². The monoisotopic (exact) mass is 283 g/mol. The molecule has 0 saturated carbocycles. The summed E-state index contributed by atoms with van der Waals surface area (Å²) in [5, 5.41) is 11.8. The number of aryl methyl sites for hydroxylation is 1. The number of aliphatic carboxylic acids is 1. The number of hydrogen-bond acceptors (Lipinski definition) is 3. The Morgan fingerprint density at radius 2 is 1.67 bits per heavy atom. The van der Waals surface area contributed by atoms with Gasteiger partial charge < -0.3 is 10.4 Å². The van der Waals surface area contributed by atoms with E-state index in [1.165, 1.54) is 6.92 Å². The molecule has 0 fully saturated rings. The first kappa shape index (κ1) is 14.8. The predicted molar refractivity (Wildman–Crippen MR) is 81.8 cm³/mol. The number of benzene rings is 2. The number of para-hydroxylation sites is 1. The van der Waals surface area contributed by atoms with Gasteiger partial charge in [-0.25, -0.2) is 0 Å². The molecule has 0 amide bonds. The molecule has 4 nitrogen and oxygen atoms in total. The van der Waals surface area contributed by atoms with Gasteiger partial charge in [0.2, 0.25) is 0 Å². The van der Waals surface area contributed by atoms with E-state index in [-0.39, 0.29) is 5.78 Å². The summed E-state index contributed by atoms with van der Waals surface area (Å²) in [6.07, 6.45) is 0. The van der Waals surface area contributed by atoms with E-state index in [1.54, 1.807) is 36.4 Å². The highest BCUT2D eigenvalue weighted by atomic mass is 16.4. The highest BCUT2D eigenvalue weighted by Gasteiger charge is 2.16. The van der Waals surface area contributed by atoms with Gasteiger partial charge in [0.1, 0.15) is 6.04 Å². The smallest absolute Gasteiger partial charge is 0.325 e. The molecule has 0 unspecified atom stereocenters. The second kappa shape index (κ2) is 6.22. The SMILES string of the molecule is Cc1ccc(C(=O)c2ccccc2N[C@@H](C)C(=O)O)cc1. The third-order valence-electron chi connectivity index (χ3n) is 3.23. The number of hydrogen-bond donors (Lipinski definition) is 2. The zero-order valence-electron chi connectivity index (χ0n) is 12.0. The van der Waals surface area contributed by atoms with Crippen LogP contribution in [0.4, 0.5) is 5.69 Å². The molecule has 2 N–H and O–H groups in total. The Hall–Kier alpha value is -2.62. The van der Waals surface area contributed by atoms with Gasteiger partial charge in [-0.05, 0) is 26.0 Å². The van der Waals surface area contributed by atoms with Crippen LogP contribution >= 0.6 is 0 Å². The summed E-state index contributed by atoms with van der Waals surface area (Å²) in [6, 6.07) is 13.5. The number of nitrogens with one attached hydrogen (secondary N) is 1. The molecule has 0 heterocycles. The van der Waals surface area contributed by atoms with Gasteiger partial charge in [-0.2, -0.15) is 0 Å². The van der Waals surface area contributed by atoms with Crippen molar-refractivity contribution in [3.8, 4) is 0 Å². The van der Waals surface area contributed by atoms with Crippen molar-refractivity contribution in [3.63, 3.8) is 0 Å². The van der Waals surface area contributed by atoms with Crippen LogP contribution in [0.5, 0.6) is 0 Å². The first-order valence-corrected chi connectivity index (χ1v) is 6.69. The molecule has 0 aromatic heterocycles. The summed E-state index contributed by atoms with van der Waals surface area (Å²) in [7, 11) is 0. The number of carbonyl (C=O) groups is 2. The van der Waals surface area contributed by atoms with Crippen molar-refractivity contribution in [1.82, 2.24) is 0 Å². The quantitative estimate of drug-likeness (QED) is 0.827. The Labute approximate surface area is 123 Å². The fraction of sp³-hybridized carbons (Fsp3) is 0.176. The van der Waals surface area contributed by atoms with E-state index < -0.39 is 12.0 Å². The van der Waals surface area contributed by atoms with Gasteiger partial charge in [-0.15, -0.1) is 0 Å². The van der Waals surface area contributed by atoms with Crippen LogP contribution < -0.4 is 5.32 Å². The molecule has 0 aliphatic heterocycles. The fourth-order valence-corrected chi connectivity index (χ4v) is 1.96. The molecule has 0 spiro atoms. The number of rotatable bonds is 5. The molecule has 0 radical (unpaired) electrons. The van der Waals surface area contributed by atoms with E-state index in [0.717, 1.165) is 5.56 Å². The maximum absolute atomic E-state index is 12.5. The van der Waals surface area contributed by atoms with Gasteiger partial charge in [0.25, 0.3) is 0 Å². The Morgan fingerprint density at radius 1 is 1.05 bits per heavy atom. The number of carboxylic acid groups (broad SMARTS) is 1. The summed E-state index contributed by atoms with van der Waals surface area (Å²) >= 11 is 0. The van der Waals surface area contributed by atoms with E-state index in [1.807, 2.05) is 19.1 Å². The van der Waals surface area contributed by atoms with Crippen molar-refractivity contribution in [2.45, 2.75) is 19.9 Å². The van der Waals surface area contributed by atoms with Crippen LogP contribution in [0.3, 0.4) is 0 Å². The molecule has 2 aromatic carbocycles. The molecule has 0 saturated heterocycles. The Kier molecular flexibility index (Phi) is 4.38. The van der Waals surface area contributed by atoms with Crippen LogP contribution in [0.1, 0.15) is 28.4 Å². The maximum atomic E-state index is 12.5.